The van der Waals surface area contributed by atoms with Crippen LogP contribution in [0.25, 0.3) is 0 Å². The number of carboxylic acids is 2. The van der Waals surface area contributed by atoms with Crippen molar-refractivity contribution in [2.45, 2.75) is 102 Å². The number of nitrogens with one attached hydrogen (secondary N) is 4. The van der Waals surface area contributed by atoms with Gasteiger partial charge in [0.2, 0.25) is 0 Å². The van der Waals surface area contributed by atoms with Gasteiger partial charge in [-0.3, -0.25) is 24.7 Å². The number of hydrogen-bond acceptors (Lipinski definition) is 9. The van der Waals surface area contributed by atoms with E-state index in [0.29, 0.717) is 24.8 Å². The number of fused-ring (bicyclic) bond motifs is 1. The molecule has 5 aliphatic rings. The number of thiol groups is 1. The van der Waals surface area contributed by atoms with Crippen LogP contribution in [0.5, 0.6) is 0 Å². The van der Waals surface area contributed by atoms with E-state index in [1.165, 1.54) is 0 Å². The molecule has 8 atom stereocenters. The first-order valence-electron chi connectivity index (χ1n) is 15.6. The van der Waals surface area contributed by atoms with Gasteiger partial charge in [0.15, 0.2) is 5.66 Å². The largest absolute Gasteiger partial charge is 0.481 e. The topological polar surface area (TPSA) is 173 Å². The van der Waals surface area contributed by atoms with Gasteiger partial charge in [-0.15, -0.1) is 0 Å². The van der Waals surface area contributed by atoms with Crippen LogP contribution in [0.2, 0.25) is 0 Å². The SMILES string of the molecule is C=CC1=C(C)[C@@H](CC2N/C(=C\[C@@]34NN3/C(=C/C3NC(O)[C@H](C)[C@H]3C(C)S)C(C)=C4CCC(=O)O)C(CCC(=O)O)=C2C)NC1=O. The van der Waals surface area contributed by atoms with Gasteiger partial charge in [0, 0.05) is 47.4 Å². The average Bonchev–Trinajstić information content (AvgIpc) is 3.24. The maximum atomic E-state index is 12.5. The number of carbonyl (C=O) groups is 3. The summed E-state index contributed by atoms with van der Waals surface area (Å²) in [6.07, 6.45) is 6.24. The summed E-state index contributed by atoms with van der Waals surface area (Å²) < 4.78 is 0. The molecule has 0 aromatic heterocycles. The molecule has 45 heavy (non-hydrogen) atoms. The van der Waals surface area contributed by atoms with Crippen LogP contribution in [0.4, 0.5) is 0 Å². The quantitative estimate of drug-likeness (QED) is 0.117. The molecule has 5 heterocycles. The number of carbonyl (C=O) groups excluding carboxylic acids is 1. The van der Waals surface area contributed by atoms with E-state index in [0.717, 1.165) is 39.3 Å². The number of rotatable bonds is 12. The number of hydrazine groups is 1. The lowest BCUT2D eigenvalue weighted by Gasteiger charge is -2.23. The first kappa shape index (κ1) is 33.1. The monoisotopic (exact) mass is 639 g/mol. The summed E-state index contributed by atoms with van der Waals surface area (Å²) in [6, 6.07) is -0.459. The summed E-state index contributed by atoms with van der Waals surface area (Å²) >= 11 is 4.71. The summed E-state index contributed by atoms with van der Waals surface area (Å²) in [7, 11) is 0. The molecule has 2 fully saturated rings. The van der Waals surface area contributed by atoms with Crippen LogP contribution >= 0.6 is 12.6 Å². The third-order valence-corrected chi connectivity index (χ3v) is 10.6. The molecule has 5 aliphatic heterocycles. The normalized spacial score (nSPS) is 35.0. The maximum absolute atomic E-state index is 12.5. The van der Waals surface area contributed by atoms with E-state index < -0.39 is 23.8 Å². The lowest BCUT2D eigenvalue weighted by Crippen LogP contribution is -2.36. The van der Waals surface area contributed by atoms with E-state index in [2.05, 4.69) is 40.1 Å². The van der Waals surface area contributed by atoms with Gasteiger partial charge in [0.05, 0.1) is 11.7 Å². The molecule has 244 valence electrons. The molecular formula is C33H45N5O6S. The Bertz CT molecular complexity index is 1480. The molecule has 0 aromatic carbocycles. The summed E-state index contributed by atoms with van der Waals surface area (Å²) in [5.41, 5.74) is 9.79. The Morgan fingerprint density at radius 2 is 1.73 bits per heavy atom. The van der Waals surface area contributed by atoms with Gasteiger partial charge in [0.25, 0.3) is 5.91 Å². The van der Waals surface area contributed by atoms with Crippen LogP contribution in [0.3, 0.4) is 0 Å². The molecule has 4 unspecified atom stereocenters. The van der Waals surface area contributed by atoms with Gasteiger partial charge in [-0.25, -0.2) is 0 Å². The molecule has 0 aromatic rings. The Balaban J connectivity index is 1.50. The van der Waals surface area contributed by atoms with Gasteiger partial charge in [-0.2, -0.15) is 18.1 Å². The fourth-order valence-corrected chi connectivity index (χ4v) is 8.10. The number of aliphatic hydroxyl groups is 1. The van der Waals surface area contributed by atoms with E-state index >= 15 is 0 Å². The van der Waals surface area contributed by atoms with Crippen LogP contribution in [0.15, 0.2) is 69.6 Å². The molecule has 5 rings (SSSR count). The number of hydrogen-bond donors (Lipinski definition) is 8. The van der Waals surface area contributed by atoms with E-state index in [9.17, 15) is 29.7 Å². The van der Waals surface area contributed by atoms with Crippen molar-refractivity contribution >= 4 is 30.5 Å². The highest BCUT2D eigenvalue weighted by atomic mass is 32.1. The van der Waals surface area contributed by atoms with Gasteiger partial charge in [0.1, 0.15) is 6.23 Å². The van der Waals surface area contributed by atoms with Crippen molar-refractivity contribution in [3.63, 3.8) is 0 Å². The van der Waals surface area contributed by atoms with E-state index in [1.807, 2.05) is 39.6 Å². The summed E-state index contributed by atoms with van der Waals surface area (Å²) in [5, 5.41) is 41.7. The minimum atomic E-state index is -0.891. The van der Waals surface area contributed by atoms with Crippen LogP contribution < -0.4 is 21.4 Å². The second-order valence-electron chi connectivity index (χ2n) is 12.9. The molecule has 0 spiro atoms. The first-order chi connectivity index (χ1) is 21.2. The number of allylic oxidation sites excluding steroid dienone is 2. The van der Waals surface area contributed by atoms with E-state index in [1.54, 1.807) is 6.08 Å². The zero-order valence-corrected chi connectivity index (χ0v) is 27.4. The van der Waals surface area contributed by atoms with Gasteiger partial charge < -0.3 is 26.0 Å². The van der Waals surface area contributed by atoms with Gasteiger partial charge in [-0.1, -0.05) is 26.5 Å². The zero-order valence-electron chi connectivity index (χ0n) is 26.5. The van der Waals surface area contributed by atoms with Crippen molar-refractivity contribution in [2.24, 2.45) is 11.8 Å². The molecule has 0 saturated carbocycles. The Hall–Kier alpha value is -3.32. The highest BCUT2D eigenvalue weighted by molar-refractivity contribution is 7.80. The zero-order chi connectivity index (χ0) is 33.0. The molecule has 2 saturated heterocycles. The lowest BCUT2D eigenvalue weighted by atomic mass is 9.87. The van der Waals surface area contributed by atoms with Gasteiger partial charge in [-0.05, 0) is 86.0 Å². The molecule has 1 amide bonds. The smallest absolute Gasteiger partial charge is 0.303 e. The Labute approximate surface area is 269 Å². The second kappa shape index (κ2) is 12.5. The number of carboxylic acid groups (broad SMARTS) is 2. The van der Waals surface area contributed by atoms with E-state index in [4.69, 9.17) is 12.6 Å². The summed E-state index contributed by atoms with van der Waals surface area (Å²) in [6.45, 7) is 13.7. The Morgan fingerprint density at radius 1 is 1.09 bits per heavy atom. The highest BCUT2D eigenvalue weighted by Gasteiger charge is 2.60. The predicted molar refractivity (Wildman–Crippen MR) is 173 cm³/mol. The summed E-state index contributed by atoms with van der Waals surface area (Å²) in [4.78, 5) is 35.8. The standard InChI is InChI=1S/C33H45N5O6S/c1-7-20-15(2)24(35-32(20)44)12-23-16(3)21(8-10-28(39)40)26(34-23)14-33-22(9-11-29(41)42)17(4)27(38(33)37-33)13-25-30(19(6)45)18(5)31(43)36-25/h7,13-14,18-19,23-25,30-31,34,36-37,43,45H,1,8-12H2,2-6H3,(H,35,44)(H,39,40)(H,41,42)/b26-14-,27-13+/t18-,19?,23?,24-,25?,30+,31?,33-,38?/m1/s1. The number of amides is 1. The molecule has 0 aliphatic carbocycles. The predicted octanol–water partition coefficient (Wildman–Crippen LogP) is 2.87. The number of aliphatic carboxylic acids is 2. The molecule has 7 N–H and O–H groups in total. The van der Waals surface area contributed by atoms with Crippen molar-refractivity contribution in [1.82, 2.24) is 26.4 Å². The minimum absolute atomic E-state index is 0.000719. The molecule has 0 bridgehead atoms. The first-order valence-corrected chi connectivity index (χ1v) is 16.1. The number of aliphatic hydroxyl groups excluding tert-OH is 1. The fraction of sp³-hybridized carbons (Fsp3) is 0.545. The van der Waals surface area contributed by atoms with Crippen molar-refractivity contribution in [3.05, 3.63) is 69.6 Å². The molecule has 12 heteroatoms. The molecular weight excluding hydrogens is 594 g/mol. The van der Waals surface area contributed by atoms with E-state index in [-0.39, 0.29) is 54.0 Å². The molecule has 11 nitrogen and oxygen atoms in total. The van der Waals surface area contributed by atoms with Crippen molar-refractivity contribution < 1.29 is 29.7 Å². The lowest BCUT2D eigenvalue weighted by molar-refractivity contribution is -0.138. The van der Waals surface area contributed by atoms with Crippen LogP contribution in [-0.4, -0.2) is 73.4 Å². The Kier molecular flexibility index (Phi) is 9.16. The average molecular weight is 640 g/mol. The van der Waals surface area contributed by atoms with Crippen LogP contribution in [0.1, 0.15) is 66.7 Å². The highest BCUT2D eigenvalue weighted by Crippen LogP contribution is 2.52. The number of nitrogens with zero attached hydrogens (tertiary/aromatic N) is 1. The second-order valence-corrected chi connectivity index (χ2v) is 13.8. The third-order valence-electron chi connectivity index (χ3n) is 10.3. The minimum Gasteiger partial charge on any atom is -0.481 e. The van der Waals surface area contributed by atoms with Gasteiger partial charge >= 0.3 is 11.9 Å². The summed E-state index contributed by atoms with van der Waals surface area (Å²) in [5.74, 6) is -1.84. The van der Waals surface area contributed by atoms with Crippen molar-refractivity contribution in [2.75, 3.05) is 0 Å². The molecule has 0 radical (unpaired) electrons. The fourth-order valence-electron chi connectivity index (χ4n) is 7.65. The Morgan fingerprint density at radius 3 is 2.33 bits per heavy atom. The maximum Gasteiger partial charge on any atom is 0.303 e. The van der Waals surface area contributed by atoms with Crippen LogP contribution in [-0.2, 0) is 14.4 Å². The van der Waals surface area contributed by atoms with Crippen molar-refractivity contribution in [3.8, 4) is 0 Å². The van der Waals surface area contributed by atoms with Crippen molar-refractivity contribution in [1.29, 1.82) is 0 Å². The van der Waals surface area contributed by atoms with Crippen LogP contribution in [0, 0.1) is 11.8 Å². The third kappa shape index (κ3) is 6.00.